The molecule has 0 unspecified atom stereocenters. The normalized spacial score (nSPS) is 24.9. The molecule has 58 valence electrons. The molecule has 1 saturated heterocycles. The second-order valence-electron chi connectivity index (χ2n) is 2.74. The van der Waals surface area contributed by atoms with E-state index >= 15 is 0 Å². The molecule has 0 aromatic heterocycles. The van der Waals surface area contributed by atoms with E-state index < -0.39 is 0 Å². The molecular weight excluding hydrogens is 258 g/mol. The van der Waals surface area contributed by atoms with Crippen molar-refractivity contribution in [3.63, 3.8) is 0 Å². The fourth-order valence-corrected chi connectivity index (χ4v) is 3.08. The van der Waals surface area contributed by atoms with Crippen molar-refractivity contribution in [1.82, 2.24) is 9.80 Å². The van der Waals surface area contributed by atoms with E-state index in [1.165, 1.54) is 13.1 Å². The van der Waals surface area contributed by atoms with Gasteiger partial charge in [0.15, 0.2) is 0 Å². The maximum absolute atomic E-state index is 3.10. The van der Waals surface area contributed by atoms with Crippen molar-refractivity contribution in [3.05, 3.63) is 0 Å². The molecule has 0 atom stereocenters. The molecule has 0 N–H and O–H groups in total. The van der Waals surface area contributed by atoms with Crippen LogP contribution in [0.4, 0.5) is 0 Å². The van der Waals surface area contributed by atoms with Crippen LogP contribution in [-0.2, 0) is 0 Å². The standard InChI is InChI=1S/C6H12N2Se2/c1-7-3-4-8(2)5(7)6(9)10/h5-6H,3-4H2,1-2H3. The van der Waals surface area contributed by atoms with Crippen molar-refractivity contribution in [2.45, 2.75) is 9.88 Å². The van der Waals surface area contributed by atoms with E-state index in [1.54, 1.807) is 0 Å². The van der Waals surface area contributed by atoms with Gasteiger partial charge in [-0.05, 0) is 0 Å². The van der Waals surface area contributed by atoms with Crippen LogP contribution in [0.25, 0.3) is 0 Å². The van der Waals surface area contributed by atoms with E-state index in [0.717, 1.165) is 0 Å². The van der Waals surface area contributed by atoms with Crippen LogP contribution < -0.4 is 0 Å². The van der Waals surface area contributed by atoms with Crippen LogP contribution in [0.2, 0.25) is 3.71 Å². The van der Waals surface area contributed by atoms with E-state index in [1.807, 2.05) is 0 Å². The summed E-state index contributed by atoms with van der Waals surface area (Å²) in [4.78, 5) is 4.72. The number of hydrogen-bond acceptors (Lipinski definition) is 2. The minimum absolute atomic E-state index is 0.498. The number of likely N-dealkylation sites (N-methyl/N-ethyl adjacent to an activating group) is 2. The predicted molar refractivity (Wildman–Crippen MR) is 44.3 cm³/mol. The average Bonchev–Trinajstić information content (AvgIpc) is 2.11. The summed E-state index contributed by atoms with van der Waals surface area (Å²) in [6, 6.07) is 0. The first-order valence-corrected chi connectivity index (χ1v) is 5.33. The molecule has 0 aliphatic carbocycles. The van der Waals surface area contributed by atoms with Crippen molar-refractivity contribution < 1.29 is 0 Å². The fraction of sp³-hybridized carbons (Fsp3) is 1.00. The Bertz CT molecular complexity index is 108. The SMILES string of the molecule is CN1CCN(C)C1C([Se])[Se]. The van der Waals surface area contributed by atoms with Crippen LogP contribution in [0.3, 0.4) is 0 Å². The molecule has 1 rings (SSSR count). The third-order valence-electron chi connectivity index (χ3n) is 1.95. The van der Waals surface area contributed by atoms with E-state index in [9.17, 15) is 0 Å². The van der Waals surface area contributed by atoms with Crippen LogP contribution >= 0.6 is 0 Å². The Morgan fingerprint density at radius 3 is 1.80 bits per heavy atom. The number of nitrogens with zero attached hydrogens (tertiary/aromatic N) is 2. The van der Waals surface area contributed by atoms with Gasteiger partial charge in [-0.1, -0.05) is 0 Å². The Hall–Kier alpha value is 0.959. The summed E-state index contributed by atoms with van der Waals surface area (Å²) in [7, 11) is 4.33. The first kappa shape index (κ1) is 9.05. The molecular formula is C6H12N2Se2. The first-order chi connectivity index (χ1) is 4.63. The number of rotatable bonds is 1. The summed E-state index contributed by atoms with van der Waals surface area (Å²) in [5.41, 5.74) is 0. The van der Waals surface area contributed by atoms with Gasteiger partial charge in [0.1, 0.15) is 0 Å². The maximum atomic E-state index is 3.10. The zero-order valence-electron chi connectivity index (χ0n) is 6.28. The summed E-state index contributed by atoms with van der Waals surface area (Å²) in [6.07, 6.45) is 0.556. The zero-order chi connectivity index (χ0) is 7.72. The van der Waals surface area contributed by atoms with Crippen LogP contribution in [0.15, 0.2) is 0 Å². The Labute approximate surface area is 78.9 Å². The summed E-state index contributed by atoms with van der Waals surface area (Å²) in [5.74, 6) is 0. The van der Waals surface area contributed by atoms with Crippen molar-refractivity contribution in [2.24, 2.45) is 0 Å². The molecule has 0 bridgehead atoms. The molecule has 0 saturated carbocycles. The van der Waals surface area contributed by atoms with Gasteiger partial charge in [-0.2, -0.15) is 0 Å². The first-order valence-electron chi connectivity index (χ1n) is 3.35. The molecule has 0 amide bonds. The summed E-state index contributed by atoms with van der Waals surface area (Å²) in [6.45, 7) is 2.36. The molecule has 2 nitrogen and oxygen atoms in total. The summed E-state index contributed by atoms with van der Waals surface area (Å²) in [5, 5.41) is 0. The molecule has 0 aromatic rings. The molecule has 0 aromatic carbocycles. The Balaban J connectivity index is 2.54. The van der Waals surface area contributed by atoms with Crippen LogP contribution in [-0.4, -0.2) is 75.2 Å². The molecule has 0 spiro atoms. The quantitative estimate of drug-likeness (QED) is 0.580. The van der Waals surface area contributed by atoms with Gasteiger partial charge in [0, 0.05) is 0 Å². The van der Waals surface area contributed by atoms with Gasteiger partial charge in [0.05, 0.1) is 0 Å². The van der Waals surface area contributed by atoms with Gasteiger partial charge < -0.3 is 0 Å². The second kappa shape index (κ2) is 3.57. The number of hydrogen-bond donors (Lipinski definition) is 0. The molecule has 10 heavy (non-hydrogen) atoms. The van der Waals surface area contributed by atoms with Gasteiger partial charge in [-0.15, -0.1) is 0 Å². The van der Waals surface area contributed by atoms with E-state index in [2.05, 4.69) is 55.9 Å². The van der Waals surface area contributed by atoms with Gasteiger partial charge in [0.2, 0.25) is 0 Å². The third kappa shape index (κ3) is 1.76. The van der Waals surface area contributed by atoms with E-state index in [-0.39, 0.29) is 0 Å². The van der Waals surface area contributed by atoms with Gasteiger partial charge in [-0.3, -0.25) is 0 Å². The second-order valence-corrected chi connectivity index (χ2v) is 6.39. The minimum atomic E-state index is 0.498. The van der Waals surface area contributed by atoms with Gasteiger partial charge >= 0.3 is 78.9 Å². The molecule has 1 heterocycles. The van der Waals surface area contributed by atoms with Gasteiger partial charge in [-0.25, -0.2) is 0 Å². The Morgan fingerprint density at radius 2 is 1.60 bits per heavy atom. The molecule has 1 aliphatic rings. The molecule has 2 radical (unpaired) electrons. The van der Waals surface area contributed by atoms with Crippen LogP contribution in [0, 0.1) is 0 Å². The fourth-order valence-electron chi connectivity index (χ4n) is 1.33. The molecule has 1 aliphatic heterocycles. The van der Waals surface area contributed by atoms with E-state index in [4.69, 9.17) is 0 Å². The Morgan fingerprint density at radius 1 is 1.20 bits per heavy atom. The van der Waals surface area contributed by atoms with Crippen molar-refractivity contribution in [3.8, 4) is 0 Å². The molecule has 4 heteroatoms. The van der Waals surface area contributed by atoms with E-state index in [0.29, 0.717) is 9.88 Å². The monoisotopic (exact) mass is 272 g/mol. The zero-order valence-corrected chi connectivity index (χ0v) is 9.71. The van der Waals surface area contributed by atoms with Crippen molar-refractivity contribution in [1.29, 1.82) is 0 Å². The predicted octanol–water partition coefficient (Wildman–Crippen LogP) is -0.727. The Kier molecular flexibility index (Phi) is 3.23. The van der Waals surface area contributed by atoms with Crippen LogP contribution in [0.5, 0.6) is 0 Å². The summed E-state index contributed by atoms with van der Waals surface area (Å²) < 4.78 is 0.498. The summed E-state index contributed by atoms with van der Waals surface area (Å²) >= 11 is 6.21. The van der Waals surface area contributed by atoms with Gasteiger partial charge in [0.25, 0.3) is 0 Å². The average molecular weight is 270 g/mol. The topological polar surface area (TPSA) is 6.48 Å². The molecule has 1 fully saturated rings. The third-order valence-corrected chi connectivity index (χ3v) is 2.97. The van der Waals surface area contributed by atoms with Crippen molar-refractivity contribution >= 4 is 32.0 Å². The van der Waals surface area contributed by atoms with Crippen molar-refractivity contribution in [2.75, 3.05) is 27.2 Å². The van der Waals surface area contributed by atoms with Crippen LogP contribution in [0.1, 0.15) is 0 Å².